The molecule has 3 N–H and O–H groups in total. The van der Waals surface area contributed by atoms with Gasteiger partial charge in [-0.25, -0.2) is 4.79 Å². The number of benzene rings is 3. The van der Waals surface area contributed by atoms with E-state index < -0.39 is 17.9 Å². The van der Waals surface area contributed by atoms with Gasteiger partial charge in [0.1, 0.15) is 17.5 Å². The maximum absolute atomic E-state index is 12.6. The summed E-state index contributed by atoms with van der Waals surface area (Å²) in [6.07, 6.45) is 0.0430. The van der Waals surface area contributed by atoms with E-state index in [1.165, 1.54) is 19.2 Å². The minimum atomic E-state index is -1.19. The second-order valence-electron chi connectivity index (χ2n) is 6.72. The number of aliphatic carboxylic acids is 1. The summed E-state index contributed by atoms with van der Waals surface area (Å²) in [6.45, 7) is 0. The molecule has 31 heavy (non-hydrogen) atoms. The van der Waals surface area contributed by atoms with Crippen LogP contribution in [0.15, 0.2) is 60.7 Å². The van der Waals surface area contributed by atoms with E-state index in [4.69, 9.17) is 27.9 Å². The van der Waals surface area contributed by atoms with E-state index in [0.717, 1.165) is 0 Å². The number of aromatic hydroxyl groups is 1. The smallest absolute Gasteiger partial charge is 0.326 e. The van der Waals surface area contributed by atoms with Crippen molar-refractivity contribution in [2.75, 3.05) is 7.11 Å². The van der Waals surface area contributed by atoms with Crippen LogP contribution < -0.4 is 10.1 Å². The zero-order chi connectivity index (χ0) is 22.5. The number of phenolic OH excluding ortho intramolecular Hbond substituents is 1. The minimum absolute atomic E-state index is 0.0269. The van der Waals surface area contributed by atoms with Gasteiger partial charge in [0, 0.05) is 6.42 Å². The maximum Gasteiger partial charge on any atom is 0.326 e. The summed E-state index contributed by atoms with van der Waals surface area (Å²) < 4.78 is 5.31. The normalized spacial score (nSPS) is 11.6. The lowest BCUT2D eigenvalue weighted by Gasteiger charge is -2.16. The van der Waals surface area contributed by atoms with E-state index in [9.17, 15) is 19.8 Å². The van der Waals surface area contributed by atoms with Gasteiger partial charge in [0.15, 0.2) is 0 Å². The van der Waals surface area contributed by atoms with Crippen LogP contribution in [0.5, 0.6) is 11.5 Å². The monoisotopic (exact) mass is 459 g/mol. The van der Waals surface area contributed by atoms with Crippen LogP contribution in [0.2, 0.25) is 10.0 Å². The molecule has 0 aliphatic carbocycles. The predicted octanol–water partition coefficient (Wildman–Crippen LogP) is 4.80. The van der Waals surface area contributed by atoms with E-state index in [0.29, 0.717) is 22.4 Å². The molecule has 8 heteroatoms. The first-order valence-corrected chi connectivity index (χ1v) is 10.0. The number of hydrogen-bond donors (Lipinski definition) is 3. The molecule has 0 saturated heterocycles. The molecule has 1 amide bonds. The average Bonchev–Trinajstić information content (AvgIpc) is 2.73. The Morgan fingerprint density at radius 3 is 2.19 bits per heavy atom. The topological polar surface area (TPSA) is 95.9 Å². The molecule has 0 bridgehead atoms. The van der Waals surface area contributed by atoms with Crippen molar-refractivity contribution in [3.05, 3.63) is 81.8 Å². The molecule has 3 aromatic carbocycles. The van der Waals surface area contributed by atoms with Gasteiger partial charge in [-0.05, 0) is 35.4 Å². The van der Waals surface area contributed by atoms with Gasteiger partial charge >= 0.3 is 5.97 Å². The third kappa shape index (κ3) is 5.10. The molecule has 0 heterocycles. The number of methoxy groups -OCH3 is 1. The van der Waals surface area contributed by atoms with Crippen LogP contribution >= 0.6 is 23.2 Å². The van der Waals surface area contributed by atoms with Crippen LogP contribution in [0.1, 0.15) is 15.9 Å². The van der Waals surface area contributed by atoms with Crippen molar-refractivity contribution in [2.45, 2.75) is 12.5 Å². The van der Waals surface area contributed by atoms with Crippen molar-refractivity contribution >= 4 is 35.1 Å². The molecule has 0 fully saturated rings. The van der Waals surface area contributed by atoms with Crippen molar-refractivity contribution in [3.63, 3.8) is 0 Å². The van der Waals surface area contributed by atoms with Gasteiger partial charge in [0.25, 0.3) is 5.91 Å². The van der Waals surface area contributed by atoms with Gasteiger partial charge in [-0.15, -0.1) is 0 Å². The molecule has 0 radical (unpaired) electrons. The fourth-order valence-electron chi connectivity index (χ4n) is 3.17. The van der Waals surface area contributed by atoms with Gasteiger partial charge in [-0.2, -0.15) is 0 Å². The highest BCUT2D eigenvalue weighted by molar-refractivity contribution is 6.39. The Bertz CT molecular complexity index is 1100. The van der Waals surface area contributed by atoms with Gasteiger partial charge in [-0.1, -0.05) is 59.6 Å². The number of carboxylic acids is 1. The second kappa shape index (κ2) is 9.73. The molecule has 0 unspecified atom stereocenters. The van der Waals surface area contributed by atoms with Gasteiger partial charge in [0.2, 0.25) is 0 Å². The summed E-state index contributed by atoms with van der Waals surface area (Å²) in [7, 11) is 1.51. The highest BCUT2D eigenvalue weighted by atomic mass is 35.5. The first kappa shape index (κ1) is 22.5. The lowest BCUT2D eigenvalue weighted by molar-refractivity contribution is -0.139. The fourth-order valence-corrected chi connectivity index (χ4v) is 3.74. The number of nitrogens with one attached hydrogen (secondary N) is 1. The van der Waals surface area contributed by atoms with Crippen molar-refractivity contribution in [1.29, 1.82) is 0 Å². The SMILES string of the molecule is COc1cccc(O)c1-c1ccc(C[C@H](NC(=O)c2c(Cl)cccc2Cl)C(=O)O)cc1. The number of carbonyl (C=O) groups is 2. The number of carboxylic acid groups (broad SMARTS) is 1. The first-order valence-electron chi connectivity index (χ1n) is 9.24. The summed E-state index contributed by atoms with van der Waals surface area (Å²) in [5, 5.41) is 22.5. The summed E-state index contributed by atoms with van der Waals surface area (Å²) in [4.78, 5) is 24.3. The number of ether oxygens (including phenoxy) is 1. The predicted molar refractivity (Wildman–Crippen MR) is 119 cm³/mol. The van der Waals surface area contributed by atoms with Crippen LogP contribution in [0.25, 0.3) is 11.1 Å². The molecular weight excluding hydrogens is 441 g/mol. The maximum atomic E-state index is 12.6. The molecule has 0 spiro atoms. The van der Waals surface area contributed by atoms with Gasteiger partial charge in [-0.3, -0.25) is 4.79 Å². The Morgan fingerprint density at radius 1 is 1.00 bits per heavy atom. The standard InChI is InChI=1S/C23H19Cl2NO5/c1-31-19-7-3-6-18(27)20(19)14-10-8-13(9-11-14)12-17(23(29)30)26-22(28)21-15(24)4-2-5-16(21)25/h2-11,17,27H,12H2,1H3,(H,26,28)(H,29,30)/t17-/m0/s1. The lowest BCUT2D eigenvalue weighted by Crippen LogP contribution is -2.42. The molecule has 0 aromatic heterocycles. The molecule has 3 rings (SSSR count). The average molecular weight is 460 g/mol. The Hall–Kier alpha value is -3.22. The summed E-state index contributed by atoms with van der Waals surface area (Å²) in [5.41, 5.74) is 1.95. The van der Waals surface area contributed by atoms with E-state index in [1.807, 2.05) is 0 Å². The molecule has 0 saturated carbocycles. The highest BCUT2D eigenvalue weighted by Crippen LogP contribution is 2.37. The molecule has 6 nitrogen and oxygen atoms in total. The summed E-state index contributed by atoms with van der Waals surface area (Å²) in [6, 6.07) is 15.3. The third-order valence-electron chi connectivity index (χ3n) is 4.70. The Labute approximate surface area is 189 Å². The number of rotatable bonds is 7. The summed E-state index contributed by atoms with van der Waals surface area (Å²) >= 11 is 12.1. The van der Waals surface area contributed by atoms with E-state index in [-0.39, 0.29) is 27.8 Å². The van der Waals surface area contributed by atoms with Crippen LogP contribution in [-0.4, -0.2) is 35.2 Å². The zero-order valence-corrected chi connectivity index (χ0v) is 17.9. The van der Waals surface area contributed by atoms with E-state index >= 15 is 0 Å². The minimum Gasteiger partial charge on any atom is -0.507 e. The highest BCUT2D eigenvalue weighted by Gasteiger charge is 2.24. The van der Waals surface area contributed by atoms with Crippen LogP contribution in [0.3, 0.4) is 0 Å². The van der Waals surface area contributed by atoms with Crippen molar-refractivity contribution < 1.29 is 24.5 Å². The van der Waals surface area contributed by atoms with Crippen molar-refractivity contribution in [1.82, 2.24) is 5.32 Å². The molecule has 0 aliphatic rings. The zero-order valence-electron chi connectivity index (χ0n) is 16.4. The largest absolute Gasteiger partial charge is 0.507 e. The Morgan fingerprint density at radius 2 is 1.61 bits per heavy atom. The number of carbonyl (C=O) groups excluding carboxylic acids is 1. The third-order valence-corrected chi connectivity index (χ3v) is 5.33. The van der Waals surface area contributed by atoms with Crippen LogP contribution in [-0.2, 0) is 11.2 Å². The van der Waals surface area contributed by atoms with Crippen LogP contribution in [0.4, 0.5) is 0 Å². The number of phenols is 1. The summed E-state index contributed by atoms with van der Waals surface area (Å²) in [5.74, 6) is -1.28. The molecule has 160 valence electrons. The second-order valence-corrected chi connectivity index (χ2v) is 7.53. The molecule has 3 aromatic rings. The molecular formula is C23H19Cl2NO5. The first-order chi connectivity index (χ1) is 14.8. The van der Waals surface area contributed by atoms with Crippen molar-refractivity contribution in [2.24, 2.45) is 0 Å². The number of amides is 1. The number of halogens is 2. The molecule has 1 atom stereocenters. The lowest BCUT2D eigenvalue weighted by atomic mass is 9.99. The molecule has 0 aliphatic heterocycles. The van der Waals surface area contributed by atoms with E-state index in [2.05, 4.69) is 5.32 Å². The number of hydrogen-bond acceptors (Lipinski definition) is 4. The Balaban J connectivity index is 1.80. The van der Waals surface area contributed by atoms with Gasteiger partial charge < -0.3 is 20.3 Å². The van der Waals surface area contributed by atoms with E-state index in [1.54, 1.807) is 48.5 Å². The van der Waals surface area contributed by atoms with Crippen molar-refractivity contribution in [3.8, 4) is 22.6 Å². The van der Waals surface area contributed by atoms with Gasteiger partial charge in [0.05, 0.1) is 28.3 Å². The Kier molecular flexibility index (Phi) is 7.05. The van der Waals surface area contributed by atoms with Crippen LogP contribution in [0, 0.1) is 0 Å². The quantitative estimate of drug-likeness (QED) is 0.471. The fraction of sp³-hybridized carbons (Fsp3) is 0.130.